The number of rotatable bonds is 11. The Kier molecular flexibility index (Phi) is 8.44. The van der Waals surface area contributed by atoms with Crippen molar-refractivity contribution in [3.05, 3.63) is 24.3 Å². The van der Waals surface area contributed by atoms with Crippen LogP contribution in [0.4, 0.5) is 0 Å². The van der Waals surface area contributed by atoms with Gasteiger partial charge in [-0.15, -0.1) is 0 Å². The average Bonchev–Trinajstić information content (AvgIpc) is 2.45. The van der Waals surface area contributed by atoms with Crippen LogP contribution < -0.4 is 0 Å². The topological polar surface area (TPSA) is 127 Å². The van der Waals surface area contributed by atoms with E-state index in [0.29, 0.717) is 0 Å². The molecule has 0 aliphatic rings. The van der Waals surface area contributed by atoms with E-state index in [0.717, 1.165) is 0 Å². The van der Waals surface area contributed by atoms with Gasteiger partial charge in [0.1, 0.15) is 0 Å². The molecular formula is C16H22O8. The van der Waals surface area contributed by atoms with Crippen LogP contribution in [0.25, 0.3) is 0 Å². The zero-order valence-electron chi connectivity index (χ0n) is 13.8. The van der Waals surface area contributed by atoms with Gasteiger partial charge in [-0.3, -0.25) is 9.59 Å². The van der Waals surface area contributed by atoms with E-state index in [2.05, 4.69) is 13.2 Å². The lowest BCUT2D eigenvalue weighted by Gasteiger charge is -2.27. The van der Waals surface area contributed by atoms with Crippen molar-refractivity contribution in [1.29, 1.82) is 0 Å². The van der Waals surface area contributed by atoms with Gasteiger partial charge in [0, 0.05) is 11.1 Å². The Morgan fingerprint density at radius 1 is 0.875 bits per heavy atom. The maximum absolute atomic E-state index is 11.6. The number of ether oxygens (including phenoxy) is 2. The number of carbonyl (C=O) groups excluding carboxylic acids is 2. The molecule has 8 nitrogen and oxygen atoms in total. The molecule has 0 heterocycles. The molecule has 0 spiro atoms. The maximum Gasteiger partial charge on any atom is 0.333 e. The smallest absolute Gasteiger partial charge is 0.333 e. The first-order valence-corrected chi connectivity index (χ1v) is 7.12. The summed E-state index contributed by atoms with van der Waals surface area (Å²) in [6.07, 6.45) is -1.17. The van der Waals surface area contributed by atoms with Gasteiger partial charge in [-0.2, -0.15) is 0 Å². The highest BCUT2D eigenvalue weighted by atomic mass is 16.5. The molecule has 8 heteroatoms. The molecule has 0 radical (unpaired) electrons. The van der Waals surface area contributed by atoms with Crippen molar-refractivity contribution in [2.45, 2.75) is 33.1 Å². The van der Waals surface area contributed by atoms with Gasteiger partial charge in [0.2, 0.25) is 0 Å². The number of aliphatic carboxylic acids is 2. The Morgan fingerprint density at radius 3 is 1.50 bits per heavy atom. The molecule has 2 N–H and O–H groups in total. The van der Waals surface area contributed by atoms with Gasteiger partial charge >= 0.3 is 23.9 Å². The Bertz CT molecular complexity index is 514. The number of esters is 2. The Hall–Kier alpha value is -2.64. The van der Waals surface area contributed by atoms with Crippen molar-refractivity contribution in [2.75, 3.05) is 13.2 Å². The molecule has 0 bridgehead atoms. The number of hydrogen-bond acceptors (Lipinski definition) is 6. The van der Waals surface area contributed by atoms with Gasteiger partial charge in [0.05, 0.1) is 25.0 Å². The average molecular weight is 342 g/mol. The van der Waals surface area contributed by atoms with Crippen LogP contribution >= 0.6 is 0 Å². The van der Waals surface area contributed by atoms with Gasteiger partial charge in [-0.05, 0) is 26.7 Å². The first kappa shape index (κ1) is 21.4. The van der Waals surface area contributed by atoms with Crippen LogP contribution in [-0.4, -0.2) is 47.3 Å². The number of carboxylic acid groups (broad SMARTS) is 2. The zero-order valence-corrected chi connectivity index (χ0v) is 13.8. The molecular weight excluding hydrogens is 320 g/mol. The van der Waals surface area contributed by atoms with Crippen molar-refractivity contribution in [2.24, 2.45) is 5.41 Å². The van der Waals surface area contributed by atoms with E-state index in [1.54, 1.807) is 0 Å². The predicted octanol–water partition coefficient (Wildman–Crippen LogP) is 1.55. The third-order valence-corrected chi connectivity index (χ3v) is 3.27. The number of hydrogen-bond donors (Lipinski definition) is 2. The largest absolute Gasteiger partial charge is 0.481 e. The fourth-order valence-electron chi connectivity index (χ4n) is 1.81. The van der Waals surface area contributed by atoms with Crippen molar-refractivity contribution < 1.29 is 38.9 Å². The van der Waals surface area contributed by atoms with Crippen molar-refractivity contribution in [3.63, 3.8) is 0 Å². The fraction of sp³-hybridized carbons (Fsp3) is 0.500. The van der Waals surface area contributed by atoms with Crippen LogP contribution in [0, 0.1) is 5.41 Å². The molecule has 24 heavy (non-hydrogen) atoms. The number of carbonyl (C=O) groups is 4. The van der Waals surface area contributed by atoms with E-state index in [1.165, 1.54) is 13.8 Å². The van der Waals surface area contributed by atoms with Gasteiger partial charge in [-0.25, -0.2) is 9.59 Å². The SMILES string of the molecule is C=C(C)C(=O)OCCC(CCOC(=O)C(=C)C)(CC(=O)O)C(=O)O. The summed E-state index contributed by atoms with van der Waals surface area (Å²) < 4.78 is 9.68. The highest BCUT2D eigenvalue weighted by molar-refractivity contribution is 5.87. The minimum atomic E-state index is -1.73. The molecule has 0 aliphatic carbocycles. The highest BCUT2D eigenvalue weighted by Gasteiger charge is 2.41. The fourth-order valence-corrected chi connectivity index (χ4v) is 1.81. The highest BCUT2D eigenvalue weighted by Crippen LogP contribution is 2.32. The molecule has 0 aromatic heterocycles. The standard InChI is InChI=1S/C16H22O8/c1-10(2)13(19)23-7-5-16(15(21)22,9-12(17)18)6-8-24-14(20)11(3)4/h1,3,5-9H2,2,4H3,(H,17,18)(H,21,22). The second-order valence-electron chi connectivity index (χ2n) is 5.49. The molecule has 0 rings (SSSR count). The number of carboxylic acids is 2. The maximum atomic E-state index is 11.6. The zero-order chi connectivity index (χ0) is 18.9. The summed E-state index contributed by atoms with van der Waals surface area (Å²) in [7, 11) is 0. The normalized spacial score (nSPS) is 10.6. The van der Waals surface area contributed by atoms with Crippen LogP contribution in [0.5, 0.6) is 0 Å². The van der Waals surface area contributed by atoms with E-state index in [9.17, 15) is 24.3 Å². The van der Waals surface area contributed by atoms with Crippen molar-refractivity contribution >= 4 is 23.9 Å². The molecule has 0 fully saturated rings. The van der Waals surface area contributed by atoms with Crippen LogP contribution in [0.15, 0.2) is 24.3 Å². The van der Waals surface area contributed by atoms with Crippen LogP contribution in [0.2, 0.25) is 0 Å². The lowest BCUT2D eigenvalue weighted by Crippen LogP contribution is -2.36. The van der Waals surface area contributed by atoms with Crippen molar-refractivity contribution in [3.8, 4) is 0 Å². The summed E-state index contributed by atoms with van der Waals surface area (Å²) in [5.41, 5.74) is -1.44. The van der Waals surface area contributed by atoms with Crippen LogP contribution in [-0.2, 0) is 28.7 Å². The minimum absolute atomic E-state index is 0.143. The van der Waals surface area contributed by atoms with Crippen LogP contribution in [0.1, 0.15) is 33.1 Å². The molecule has 134 valence electrons. The Balaban J connectivity index is 4.98. The van der Waals surface area contributed by atoms with Gasteiger partial charge < -0.3 is 19.7 Å². The van der Waals surface area contributed by atoms with Crippen LogP contribution in [0.3, 0.4) is 0 Å². The van der Waals surface area contributed by atoms with E-state index in [4.69, 9.17) is 14.6 Å². The molecule has 0 atom stereocenters. The minimum Gasteiger partial charge on any atom is -0.481 e. The summed E-state index contributed by atoms with van der Waals surface area (Å²) in [6.45, 7) is 9.06. The monoisotopic (exact) mass is 342 g/mol. The quantitative estimate of drug-likeness (QED) is 0.428. The summed E-state index contributed by atoms with van der Waals surface area (Å²) >= 11 is 0. The molecule has 0 aromatic rings. The summed E-state index contributed by atoms with van der Waals surface area (Å²) in [5.74, 6) is -4.09. The lowest BCUT2D eigenvalue weighted by molar-refractivity contribution is -0.160. The molecule has 0 saturated carbocycles. The summed E-state index contributed by atoms with van der Waals surface area (Å²) in [5, 5.41) is 18.4. The van der Waals surface area contributed by atoms with E-state index < -0.39 is 35.7 Å². The van der Waals surface area contributed by atoms with Gasteiger partial charge in [0.15, 0.2) is 0 Å². The first-order chi connectivity index (χ1) is 11.0. The van der Waals surface area contributed by atoms with E-state index in [-0.39, 0.29) is 37.2 Å². The summed E-state index contributed by atoms with van der Waals surface area (Å²) in [4.78, 5) is 45.3. The lowest BCUT2D eigenvalue weighted by atomic mass is 9.78. The summed E-state index contributed by atoms with van der Waals surface area (Å²) in [6, 6.07) is 0. The van der Waals surface area contributed by atoms with Crippen molar-refractivity contribution in [1.82, 2.24) is 0 Å². The Morgan fingerprint density at radius 2 is 1.25 bits per heavy atom. The molecule has 0 unspecified atom stereocenters. The Labute approximate surface area is 139 Å². The van der Waals surface area contributed by atoms with E-state index in [1.807, 2.05) is 0 Å². The third kappa shape index (κ3) is 7.08. The molecule has 0 aliphatic heterocycles. The predicted molar refractivity (Wildman–Crippen MR) is 83.1 cm³/mol. The van der Waals surface area contributed by atoms with E-state index >= 15 is 0 Å². The molecule has 0 aromatic carbocycles. The second kappa shape index (κ2) is 9.49. The van der Waals surface area contributed by atoms with Gasteiger partial charge in [-0.1, -0.05) is 13.2 Å². The third-order valence-electron chi connectivity index (χ3n) is 3.27. The second-order valence-corrected chi connectivity index (χ2v) is 5.49. The van der Waals surface area contributed by atoms with Gasteiger partial charge in [0.25, 0.3) is 0 Å². The first-order valence-electron chi connectivity index (χ1n) is 7.12. The molecule has 0 amide bonds. The molecule has 0 saturated heterocycles.